The maximum Gasteiger partial charge on any atom is 0.165 e. The summed E-state index contributed by atoms with van der Waals surface area (Å²) in [7, 11) is 1.43. The number of aromatic nitrogens is 2. The Hall–Kier alpha value is -1.79. The molecule has 2 rings (SSSR count). The van der Waals surface area contributed by atoms with Crippen molar-refractivity contribution in [3.63, 3.8) is 0 Å². The molecule has 0 atom stereocenters. The van der Waals surface area contributed by atoms with Crippen molar-refractivity contribution < 1.29 is 13.9 Å². The van der Waals surface area contributed by atoms with Gasteiger partial charge < -0.3 is 14.5 Å². The highest BCUT2D eigenvalue weighted by molar-refractivity contribution is 7.71. The van der Waals surface area contributed by atoms with Crippen LogP contribution in [0.25, 0.3) is 11.3 Å². The van der Waals surface area contributed by atoms with Crippen LogP contribution in [-0.2, 0) is 11.3 Å². The van der Waals surface area contributed by atoms with Gasteiger partial charge in [-0.1, -0.05) is 12.2 Å². The molecule has 1 N–H and O–H groups in total. The van der Waals surface area contributed by atoms with Gasteiger partial charge in [0, 0.05) is 17.9 Å². The molecule has 0 bridgehead atoms. The second-order valence-corrected chi connectivity index (χ2v) is 4.48. The molecule has 1 heterocycles. The fourth-order valence-corrected chi connectivity index (χ4v) is 1.99. The summed E-state index contributed by atoms with van der Waals surface area (Å²) in [4.78, 5) is 7.26. The zero-order chi connectivity index (χ0) is 14.5. The lowest BCUT2D eigenvalue weighted by molar-refractivity contribution is 0.128. The monoisotopic (exact) mass is 294 g/mol. The molecule has 0 saturated heterocycles. The van der Waals surface area contributed by atoms with Crippen molar-refractivity contribution in [3.8, 4) is 17.0 Å². The molecule has 0 radical (unpaired) electrons. The van der Waals surface area contributed by atoms with E-state index in [0.717, 1.165) is 0 Å². The smallest absolute Gasteiger partial charge is 0.165 e. The Kier molecular flexibility index (Phi) is 4.81. The summed E-state index contributed by atoms with van der Waals surface area (Å²) < 4.78 is 24.4. The van der Waals surface area contributed by atoms with Crippen LogP contribution in [0, 0.1) is 10.5 Å². The Labute approximate surface area is 121 Å². The largest absolute Gasteiger partial charge is 0.494 e. The average molecular weight is 294 g/mol. The van der Waals surface area contributed by atoms with Crippen LogP contribution in [0.1, 0.15) is 12.7 Å². The van der Waals surface area contributed by atoms with Crippen LogP contribution < -0.4 is 4.74 Å². The summed E-state index contributed by atoms with van der Waals surface area (Å²) in [5.74, 6) is 0.397. The van der Waals surface area contributed by atoms with Gasteiger partial charge in [0.25, 0.3) is 0 Å². The number of nitrogens with one attached hydrogen (secondary N) is 1. The molecule has 0 saturated carbocycles. The van der Waals surface area contributed by atoms with Crippen molar-refractivity contribution in [1.82, 2.24) is 9.97 Å². The molecule has 1 aromatic carbocycles. The minimum Gasteiger partial charge on any atom is -0.494 e. The summed E-state index contributed by atoms with van der Waals surface area (Å²) in [5, 5.41) is 0. The summed E-state index contributed by atoms with van der Waals surface area (Å²) >= 11 is 5.11. The number of ether oxygens (including phenoxy) is 2. The molecule has 0 fully saturated rings. The minimum atomic E-state index is -0.424. The summed E-state index contributed by atoms with van der Waals surface area (Å²) in [6.45, 7) is 2.83. The second kappa shape index (κ2) is 6.58. The van der Waals surface area contributed by atoms with Crippen LogP contribution in [0.5, 0.6) is 5.75 Å². The SMILES string of the molecule is CCOCc1nc(=S)cc(-c2ccc(OC)c(F)c2)[nH]1. The first-order valence-corrected chi connectivity index (χ1v) is 6.56. The van der Waals surface area contributed by atoms with Crippen molar-refractivity contribution >= 4 is 12.2 Å². The molecule has 0 aliphatic heterocycles. The normalized spacial score (nSPS) is 10.6. The van der Waals surface area contributed by atoms with Gasteiger partial charge in [0.05, 0.1) is 7.11 Å². The molecular formula is C14H15FN2O2S. The van der Waals surface area contributed by atoms with Gasteiger partial charge in [0.2, 0.25) is 0 Å². The molecule has 0 amide bonds. The van der Waals surface area contributed by atoms with E-state index in [1.54, 1.807) is 18.2 Å². The third-order valence-electron chi connectivity index (χ3n) is 2.70. The number of benzene rings is 1. The van der Waals surface area contributed by atoms with Crippen LogP contribution in [0.3, 0.4) is 0 Å². The predicted octanol–water partition coefficient (Wildman–Crippen LogP) is 3.49. The average Bonchev–Trinajstić information content (AvgIpc) is 2.44. The molecule has 0 spiro atoms. The molecule has 0 aliphatic rings. The van der Waals surface area contributed by atoms with E-state index in [4.69, 9.17) is 21.7 Å². The number of aromatic amines is 1. The van der Waals surface area contributed by atoms with Crippen molar-refractivity contribution in [2.45, 2.75) is 13.5 Å². The maximum atomic E-state index is 13.7. The highest BCUT2D eigenvalue weighted by Gasteiger charge is 2.07. The first kappa shape index (κ1) is 14.6. The molecule has 0 unspecified atom stereocenters. The van der Waals surface area contributed by atoms with Gasteiger partial charge in [-0.05, 0) is 31.2 Å². The van der Waals surface area contributed by atoms with E-state index in [-0.39, 0.29) is 5.75 Å². The number of hydrogen-bond acceptors (Lipinski definition) is 4. The van der Waals surface area contributed by atoms with Gasteiger partial charge >= 0.3 is 0 Å². The number of halogens is 1. The van der Waals surface area contributed by atoms with E-state index in [2.05, 4.69) is 9.97 Å². The Morgan fingerprint density at radius 1 is 1.35 bits per heavy atom. The Balaban J connectivity index is 2.39. The third-order valence-corrected chi connectivity index (χ3v) is 2.91. The van der Waals surface area contributed by atoms with Crippen molar-refractivity contribution in [1.29, 1.82) is 0 Å². The second-order valence-electron chi connectivity index (χ2n) is 4.07. The van der Waals surface area contributed by atoms with E-state index in [9.17, 15) is 4.39 Å². The third kappa shape index (κ3) is 3.40. The Bertz CT molecular complexity index is 658. The Morgan fingerprint density at radius 3 is 2.80 bits per heavy atom. The fourth-order valence-electron chi connectivity index (χ4n) is 1.76. The van der Waals surface area contributed by atoms with Crippen molar-refractivity contribution in [2.24, 2.45) is 0 Å². The Morgan fingerprint density at radius 2 is 2.15 bits per heavy atom. The highest BCUT2D eigenvalue weighted by Crippen LogP contribution is 2.24. The predicted molar refractivity (Wildman–Crippen MR) is 76.7 cm³/mol. The van der Waals surface area contributed by atoms with Gasteiger partial charge in [-0.25, -0.2) is 9.37 Å². The van der Waals surface area contributed by atoms with Crippen LogP contribution in [0.2, 0.25) is 0 Å². The van der Waals surface area contributed by atoms with Crippen molar-refractivity contribution in [2.75, 3.05) is 13.7 Å². The van der Waals surface area contributed by atoms with E-state index in [1.807, 2.05) is 6.92 Å². The highest BCUT2D eigenvalue weighted by atomic mass is 32.1. The lowest BCUT2D eigenvalue weighted by atomic mass is 10.1. The summed E-state index contributed by atoms with van der Waals surface area (Å²) in [6.07, 6.45) is 0. The van der Waals surface area contributed by atoms with E-state index < -0.39 is 5.82 Å². The van der Waals surface area contributed by atoms with Gasteiger partial charge in [0.15, 0.2) is 11.6 Å². The molecule has 4 nitrogen and oxygen atoms in total. The summed E-state index contributed by atoms with van der Waals surface area (Å²) in [5.41, 5.74) is 1.37. The molecule has 2 aromatic rings. The number of H-pyrrole nitrogens is 1. The standard InChI is InChI=1S/C14H15FN2O2S/c1-3-19-8-13-16-11(7-14(20)17-13)9-4-5-12(18-2)10(15)6-9/h4-7H,3,8H2,1-2H3,(H,16,17,20). The molecule has 20 heavy (non-hydrogen) atoms. The number of methoxy groups -OCH3 is 1. The molecule has 1 aromatic heterocycles. The number of hydrogen-bond donors (Lipinski definition) is 1. The number of rotatable bonds is 5. The van der Waals surface area contributed by atoms with E-state index in [1.165, 1.54) is 13.2 Å². The van der Waals surface area contributed by atoms with Gasteiger partial charge in [-0.2, -0.15) is 0 Å². The molecular weight excluding hydrogens is 279 g/mol. The van der Waals surface area contributed by atoms with Gasteiger partial charge in [-0.3, -0.25) is 0 Å². The minimum absolute atomic E-state index is 0.205. The molecule has 106 valence electrons. The van der Waals surface area contributed by atoms with Gasteiger partial charge in [0.1, 0.15) is 17.1 Å². The summed E-state index contributed by atoms with van der Waals surface area (Å²) in [6, 6.07) is 6.41. The van der Waals surface area contributed by atoms with E-state index in [0.29, 0.717) is 34.9 Å². The van der Waals surface area contributed by atoms with Crippen LogP contribution >= 0.6 is 12.2 Å². The van der Waals surface area contributed by atoms with Crippen LogP contribution in [-0.4, -0.2) is 23.7 Å². The molecule has 6 heteroatoms. The fraction of sp³-hybridized carbons (Fsp3) is 0.286. The van der Waals surface area contributed by atoms with Crippen LogP contribution in [0.4, 0.5) is 4.39 Å². The molecule has 0 aliphatic carbocycles. The van der Waals surface area contributed by atoms with Crippen molar-refractivity contribution in [3.05, 3.63) is 40.5 Å². The number of nitrogens with zero attached hydrogens (tertiary/aromatic N) is 1. The zero-order valence-electron chi connectivity index (χ0n) is 11.3. The topological polar surface area (TPSA) is 47.1 Å². The lowest BCUT2D eigenvalue weighted by Crippen LogP contribution is -2.01. The maximum absolute atomic E-state index is 13.7. The van der Waals surface area contributed by atoms with E-state index >= 15 is 0 Å². The first-order valence-electron chi connectivity index (χ1n) is 6.16. The van der Waals surface area contributed by atoms with Gasteiger partial charge in [-0.15, -0.1) is 0 Å². The lowest BCUT2D eigenvalue weighted by Gasteiger charge is -2.08. The first-order chi connectivity index (χ1) is 9.63. The van der Waals surface area contributed by atoms with Crippen LogP contribution in [0.15, 0.2) is 24.3 Å². The zero-order valence-corrected chi connectivity index (χ0v) is 12.1. The quantitative estimate of drug-likeness (QED) is 0.858.